The van der Waals surface area contributed by atoms with Crippen molar-refractivity contribution < 1.29 is 19.1 Å². The van der Waals surface area contributed by atoms with Crippen molar-refractivity contribution in [1.82, 2.24) is 15.5 Å². The van der Waals surface area contributed by atoms with Gasteiger partial charge in [0.25, 0.3) is 0 Å². The molecule has 0 aliphatic carbocycles. The zero-order chi connectivity index (χ0) is 18.3. The molecule has 0 fully saturated rings. The van der Waals surface area contributed by atoms with Gasteiger partial charge in [-0.2, -0.15) is 0 Å². The smallest absolute Gasteiger partial charge is 0.321 e. The molecule has 2 N–H and O–H groups in total. The van der Waals surface area contributed by atoms with Crippen LogP contribution in [0.15, 0.2) is 12.1 Å². The number of urea groups is 1. The van der Waals surface area contributed by atoms with Gasteiger partial charge in [0.1, 0.15) is 0 Å². The second-order valence-corrected chi connectivity index (χ2v) is 5.98. The molecule has 0 atom stereocenters. The van der Waals surface area contributed by atoms with E-state index in [0.29, 0.717) is 18.0 Å². The molecule has 0 spiro atoms. The first kappa shape index (κ1) is 19.8. The number of amides is 3. The van der Waals surface area contributed by atoms with Crippen molar-refractivity contribution in [3.05, 3.63) is 23.3 Å². The zero-order valence-electron chi connectivity index (χ0n) is 15.2. The van der Waals surface area contributed by atoms with Crippen molar-refractivity contribution >= 4 is 11.9 Å². The Bertz CT molecular complexity index is 587. The molecule has 0 bridgehead atoms. The molecular weight excluding hydrogens is 310 g/mol. The highest BCUT2D eigenvalue weighted by atomic mass is 16.5. The van der Waals surface area contributed by atoms with Crippen molar-refractivity contribution in [2.45, 2.75) is 33.4 Å². The van der Waals surface area contributed by atoms with Crippen LogP contribution in [0.1, 0.15) is 25.0 Å². The first-order valence-electron chi connectivity index (χ1n) is 7.77. The van der Waals surface area contributed by atoms with Crippen LogP contribution >= 0.6 is 0 Å². The van der Waals surface area contributed by atoms with Crippen molar-refractivity contribution in [3.8, 4) is 11.5 Å². The van der Waals surface area contributed by atoms with E-state index in [0.717, 1.165) is 11.1 Å². The van der Waals surface area contributed by atoms with Crippen molar-refractivity contribution in [2.24, 2.45) is 0 Å². The maximum absolute atomic E-state index is 11.9. The van der Waals surface area contributed by atoms with Gasteiger partial charge in [0.15, 0.2) is 11.5 Å². The molecule has 7 nitrogen and oxygen atoms in total. The van der Waals surface area contributed by atoms with Crippen LogP contribution in [0.4, 0.5) is 4.79 Å². The number of nitrogens with zero attached hydrogens (tertiary/aromatic N) is 1. The Balaban J connectivity index is 2.66. The predicted octanol–water partition coefficient (Wildman–Crippen LogP) is 1.68. The van der Waals surface area contributed by atoms with Crippen LogP contribution in [0.5, 0.6) is 11.5 Å². The molecule has 0 aromatic heterocycles. The second kappa shape index (κ2) is 9.12. The van der Waals surface area contributed by atoms with E-state index in [9.17, 15) is 9.59 Å². The van der Waals surface area contributed by atoms with E-state index >= 15 is 0 Å². The fourth-order valence-electron chi connectivity index (χ4n) is 2.25. The van der Waals surface area contributed by atoms with Gasteiger partial charge in [-0.3, -0.25) is 15.0 Å². The van der Waals surface area contributed by atoms with Gasteiger partial charge in [0.2, 0.25) is 5.91 Å². The van der Waals surface area contributed by atoms with E-state index in [1.807, 2.05) is 44.9 Å². The quantitative estimate of drug-likeness (QED) is 0.791. The number of methoxy groups -OCH3 is 2. The average Bonchev–Trinajstić information content (AvgIpc) is 2.47. The number of nitrogens with one attached hydrogen (secondary N) is 2. The Labute approximate surface area is 143 Å². The number of likely N-dealkylation sites (N-methyl/N-ethyl adjacent to an activating group) is 1. The van der Waals surface area contributed by atoms with Gasteiger partial charge in [-0.05, 0) is 51.1 Å². The molecule has 0 saturated heterocycles. The van der Waals surface area contributed by atoms with Crippen molar-refractivity contribution in [2.75, 3.05) is 27.8 Å². The number of carbonyl (C=O) groups is 2. The molecule has 1 aromatic rings. The van der Waals surface area contributed by atoms with Gasteiger partial charge >= 0.3 is 6.03 Å². The van der Waals surface area contributed by atoms with Gasteiger partial charge in [-0.15, -0.1) is 0 Å². The molecule has 0 unspecified atom stereocenters. The van der Waals surface area contributed by atoms with Gasteiger partial charge in [-0.25, -0.2) is 4.79 Å². The number of hydrogen-bond donors (Lipinski definition) is 2. The van der Waals surface area contributed by atoms with E-state index in [-0.39, 0.29) is 18.5 Å². The zero-order valence-corrected chi connectivity index (χ0v) is 15.2. The number of rotatable bonds is 7. The summed E-state index contributed by atoms with van der Waals surface area (Å²) < 4.78 is 10.6. The fourth-order valence-corrected chi connectivity index (χ4v) is 2.25. The number of carbonyl (C=O) groups excluding carboxylic acids is 2. The Morgan fingerprint density at radius 3 is 2.29 bits per heavy atom. The number of imide groups is 1. The lowest BCUT2D eigenvalue weighted by molar-refractivity contribution is -0.120. The lowest BCUT2D eigenvalue weighted by Gasteiger charge is -2.19. The maximum Gasteiger partial charge on any atom is 0.321 e. The predicted molar refractivity (Wildman–Crippen MR) is 92.4 cm³/mol. The van der Waals surface area contributed by atoms with E-state index in [1.165, 1.54) is 0 Å². The summed E-state index contributed by atoms with van der Waals surface area (Å²) >= 11 is 0. The maximum atomic E-state index is 11.9. The largest absolute Gasteiger partial charge is 0.493 e. The van der Waals surface area contributed by atoms with E-state index < -0.39 is 6.03 Å². The molecule has 134 valence electrons. The summed E-state index contributed by atoms with van der Waals surface area (Å²) in [7, 11) is 4.99. The minimum atomic E-state index is -0.481. The lowest BCUT2D eigenvalue weighted by Crippen LogP contribution is -2.45. The highest BCUT2D eigenvalue weighted by Crippen LogP contribution is 2.30. The number of aryl methyl sites for hydroxylation is 1. The van der Waals surface area contributed by atoms with Crippen molar-refractivity contribution in [1.29, 1.82) is 0 Å². The van der Waals surface area contributed by atoms with Crippen molar-refractivity contribution in [3.63, 3.8) is 0 Å². The first-order chi connectivity index (χ1) is 11.3. The molecular formula is C17H27N3O4. The summed E-state index contributed by atoms with van der Waals surface area (Å²) in [5.41, 5.74) is 2.06. The van der Waals surface area contributed by atoms with Crippen LogP contribution in [0.25, 0.3) is 0 Å². The molecule has 24 heavy (non-hydrogen) atoms. The fraction of sp³-hybridized carbons (Fsp3) is 0.529. The van der Waals surface area contributed by atoms with E-state index in [4.69, 9.17) is 9.47 Å². The number of hydrogen-bond acceptors (Lipinski definition) is 5. The minimum absolute atomic E-state index is 0.0232. The number of ether oxygens (including phenoxy) is 2. The Hall–Kier alpha value is -2.28. The lowest BCUT2D eigenvalue weighted by atomic mass is 10.1. The highest BCUT2D eigenvalue weighted by Gasteiger charge is 2.14. The van der Waals surface area contributed by atoms with Crippen LogP contribution in [0.3, 0.4) is 0 Å². The summed E-state index contributed by atoms with van der Waals surface area (Å²) in [6.07, 6.45) is 0. The molecule has 3 amide bonds. The number of benzene rings is 1. The summed E-state index contributed by atoms with van der Waals surface area (Å²) in [4.78, 5) is 25.2. The Kier molecular flexibility index (Phi) is 7.51. The monoisotopic (exact) mass is 337 g/mol. The molecule has 0 saturated carbocycles. The summed E-state index contributed by atoms with van der Waals surface area (Å²) in [6.45, 7) is 6.29. The summed E-state index contributed by atoms with van der Waals surface area (Å²) in [5.74, 6) is 0.963. The SMILES string of the molecule is COc1cc(C)c(CN(C)CC(=O)NC(=O)NC(C)C)cc1OC. The first-order valence-corrected chi connectivity index (χ1v) is 7.77. The van der Waals surface area contributed by atoms with Crippen LogP contribution in [0, 0.1) is 6.92 Å². The van der Waals surface area contributed by atoms with E-state index in [2.05, 4.69) is 10.6 Å². The van der Waals surface area contributed by atoms with Gasteiger partial charge < -0.3 is 14.8 Å². The minimum Gasteiger partial charge on any atom is -0.493 e. The van der Waals surface area contributed by atoms with Crippen LogP contribution in [-0.4, -0.2) is 50.7 Å². The molecule has 0 heterocycles. The molecule has 7 heteroatoms. The second-order valence-electron chi connectivity index (χ2n) is 5.98. The third-order valence-corrected chi connectivity index (χ3v) is 3.37. The average molecular weight is 337 g/mol. The molecule has 1 aromatic carbocycles. The van der Waals surface area contributed by atoms with Gasteiger partial charge in [-0.1, -0.05) is 0 Å². The van der Waals surface area contributed by atoms with Gasteiger partial charge in [0.05, 0.1) is 20.8 Å². The standard InChI is InChI=1S/C17H27N3O4/c1-11(2)18-17(22)19-16(21)10-20(4)9-13-8-15(24-6)14(23-5)7-12(13)3/h7-8,11H,9-10H2,1-6H3,(H2,18,19,21,22). The van der Waals surface area contributed by atoms with Crippen LogP contribution in [-0.2, 0) is 11.3 Å². The van der Waals surface area contributed by atoms with Crippen LogP contribution < -0.4 is 20.1 Å². The topological polar surface area (TPSA) is 79.9 Å². The van der Waals surface area contributed by atoms with Gasteiger partial charge in [0, 0.05) is 12.6 Å². The Morgan fingerprint density at radius 1 is 1.17 bits per heavy atom. The third kappa shape index (κ3) is 6.08. The normalized spacial score (nSPS) is 10.7. The highest BCUT2D eigenvalue weighted by molar-refractivity contribution is 5.95. The molecule has 1 rings (SSSR count). The Morgan fingerprint density at radius 2 is 1.75 bits per heavy atom. The summed E-state index contributed by atoms with van der Waals surface area (Å²) in [6, 6.07) is 3.29. The molecule has 0 aliphatic heterocycles. The summed E-state index contributed by atoms with van der Waals surface area (Å²) in [5, 5.41) is 4.92. The third-order valence-electron chi connectivity index (χ3n) is 3.37. The molecule has 0 aliphatic rings. The molecule has 0 radical (unpaired) electrons. The van der Waals surface area contributed by atoms with Crippen LogP contribution in [0.2, 0.25) is 0 Å². The van der Waals surface area contributed by atoms with E-state index in [1.54, 1.807) is 14.2 Å².